The highest BCUT2D eigenvalue weighted by molar-refractivity contribution is 5.81. The molecule has 0 aliphatic rings. The number of hydrogen-bond acceptors (Lipinski definition) is 5. The first kappa shape index (κ1) is 19.2. The molecule has 2 aromatic carbocycles. The van der Waals surface area contributed by atoms with Gasteiger partial charge in [0, 0.05) is 6.54 Å². The number of nitrogens with zero attached hydrogens (tertiary/aromatic N) is 1. The van der Waals surface area contributed by atoms with E-state index in [1.165, 1.54) is 7.11 Å². The first-order chi connectivity index (χ1) is 13.7. The molecule has 6 nitrogen and oxygen atoms in total. The van der Waals surface area contributed by atoms with Crippen LogP contribution in [0.15, 0.2) is 71.3 Å². The third-order valence-corrected chi connectivity index (χ3v) is 4.19. The fraction of sp³-hybridized carbons (Fsp3) is 0.182. The molecule has 0 fully saturated rings. The first-order valence-electron chi connectivity index (χ1n) is 8.79. The van der Waals surface area contributed by atoms with E-state index in [4.69, 9.17) is 13.9 Å². The maximum atomic E-state index is 12.8. The Balaban J connectivity index is 1.71. The Hall–Kier alpha value is -3.54. The molecule has 0 bridgehead atoms. The number of ether oxygens (including phenoxy) is 2. The Morgan fingerprint density at radius 3 is 2.57 bits per heavy atom. The smallest absolute Gasteiger partial charge is 0.261 e. The number of rotatable bonds is 9. The van der Waals surface area contributed by atoms with Gasteiger partial charge >= 0.3 is 0 Å². The summed E-state index contributed by atoms with van der Waals surface area (Å²) in [5.41, 5.74) is 1.33. The van der Waals surface area contributed by atoms with Crippen LogP contribution in [0, 0.1) is 0 Å². The molecule has 1 heterocycles. The summed E-state index contributed by atoms with van der Waals surface area (Å²) in [7, 11) is 1.52. The SMILES string of the molecule is COc1ccc(OCC(=O)N(Cc2ccccc2)Cc2ccco2)c(C=O)c1. The van der Waals surface area contributed by atoms with Crippen LogP contribution in [0.5, 0.6) is 11.5 Å². The van der Waals surface area contributed by atoms with E-state index in [-0.39, 0.29) is 12.5 Å². The summed E-state index contributed by atoms with van der Waals surface area (Å²) in [5, 5.41) is 0. The average Bonchev–Trinajstić information content (AvgIpc) is 3.25. The number of carbonyl (C=O) groups excluding carboxylic acids is 2. The number of hydrogen-bond donors (Lipinski definition) is 0. The van der Waals surface area contributed by atoms with Crippen molar-refractivity contribution in [2.75, 3.05) is 13.7 Å². The number of methoxy groups -OCH3 is 1. The van der Waals surface area contributed by atoms with Crippen LogP contribution in [0.4, 0.5) is 0 Å². The average molecular weight is 379 g/mol. The summed E-state index contributed by atoms with van der Waals surface area (Å²) in [6.07, 6.45) is 2.25. The molecular formula is C22H21NO5. The number of carbonyl (C=O) groups is 2. The Morgan fingerprint density at radius 2 is 1.89 bits per heavy atom. The highest BCUT2D eigenvalue weighted by Gasteiger charge is 2.17. The van der Waals surface area contributed by atoms with Gasteiger partial charge in [-0.05, 0) is 35.9 Å². The Bertz CT molecular complexity index is 906. The highest BCUT2D eigenvalue weighted by Crippen LogP contribution is 2.23. The minimum Gasteiger partial charge on any atom is -0.497 e. The second-order valence-electron chi connectivity index (χ2n) is 6.13. The third-order valence-electron chi connectivity index (χ3n) is 4.19. The van der Waals surface area contributed by atoms with Crippen LogP contribution in [-0.4, -0.2) is 30.8 Å². The van der Waals surface area contributed by atoms with Crippen molar-refractivity contribution < 1.29 is 23.5 Å². The molecule has 0 unspecified atom stereocenters. The zero-order valence-corrected chi connectivity index (χ0v) is 15.5. The van der Waals surface area contributed by atoms with Gasteiger partial charge in [-0.15, -0.1) is 0 Å². The molecule has 0 spiro atoms. The van der Waals surface area contributed by atoms with Crippen molar-refractivity contribution in [2.45, 2.75) is 13.1 Å². The van der Waals surface area contributed by atoms with Gasteiger partial charge in [-0.1, -0.05) is 30.3 Å². The van der Waals surface area contributed by atoms with E-state index in [1.54, 1.807) is 35.4 Å². The standard InChI is InChI=1S/C22H21NO5/c1-26-19-9-10-21(18(12-19)15-24)28-16-22(25)23(14-20-8-5-11-27-20)13-17-6-3-2-4-7-17/h2-12,15H,13-14,16H2,1H3. The third kappa shape index (κ3) is 5.01. The van der Waals surface area contributed by atoms with Gasteiger partial charge in [0.1, 0.15) is 17.3 Å². The molecule has 0 aliphatic carbocycles. The summed E-state index contributed by atoms with van der Waals surface area (Å²) in [4.78, 5) is 25.8. The molecule has 0 aliphatic heterocycles. The van der Waals surface area contributed by atoms with E-state index in [2.05, 4.69) is 0 Å². The number of aldehydes is 1. The number of amides is 1. The fourth-order valence-corrected chi connectivity index (χ4v) is 2.73. The van der Waals surface area contributed by atoms with Gasteiger partial charge in [0.15, 0.2) is 12.9 Å². The van der Waals surface area contributed by atoms with Crippen molar-refractivity contribution in [1.29, 1.82) is 0 Å². The summed E-state index contributed by atoms with van der Waals surface area (Å²) in [5.74, 6) is 1.35. The minimum absolute atomic E-state index is 0.194. The van der Waals surface area contributed by atoms with Crippen LogP contribution < -0.4 is 9.47 Å². The lowest BCUT2D eigenvalue weighted by Crippen LogP contribution is -2.34. The van der Waals surface area contributed by atoms with Gasteiger partial charge in [-0.3, -0.25) is 9.59 Å². The lowest BCUT2D eigenvalue weighted by Gasteiger charge is -2.22. The summed E-state index contributed by atoms with van der Waals surface area (Å²) in [6.45, 7) is 0.556. The molecule has 0 saturated heterocycles. The van der Waals surface area contributed by atoms with E-state index in [0.717, 1.165) is 5.56 Å². The molecular weight excluding hydrogens is 358 g/mol. The predicted molar refractivity (Wildman–Crippen MR) is 103 cm³/mol. The zero-order chi connectivity index (χ0) is 19.8. The van der Waals surface area contributed by atoms with Crippen LogP contribution in [0.25, 0.3) is 0 Å². The van der Waals surface area contributed by atoms with Crippen LogP contribution in [0.1, 0.15) is 21.7 Å². The van der Waals surface area contributed by atoms with Crippen molar-refractivity contribution >= 4 is 12.2 Å². The Morgan fingerprint density at radius 1 is 1.07 bits per heavy atom. The molecule has 0 N–H and O–H groups in total. The van der Waals surface area contributed by atoms with Crippen molar-refractivity contribution in [3.8, 4) is 11.5 Å². The Kier molecular flexibility index (Phi) is 6.46. The van der Waals surface area contributed by atoms with E-state index < -0.39 is 0 Å². The molecule has 3 aromatic rings. The molecule has 6 heteroatoms. The van der Waals surface area contributed by atoms with Crippen LogP contribution >= 0.6 is 0 Å². The largest absolute Gasteiger partial charge is 0.497 e. The first-order valence-corrected chi connectivity index (χ1v) is 8.79. The van der Waals surface area contributed by atoms with E-state index in [1.807, 2.05) is 36.4 Å². The van der Waals surface area contributed by atoms with Crippen LogP contribution in [0.3, 0.4) is 0 Å². The van der Waals surface area contributed by atoms with Crippen molar-refractivity contribution in [1.82, 2.24) is 4.90 Å². The second-order valence-corrected chi connectivity index (χ2v) is 6.13. The predicted octanol–water partition coefficient (Wildman–Crippen LogP) is 3.71. The van der Waals surface area contributed by atoms with Gasteiger partial charge in [-0.2, -0.15) is 0 Å². The lowest BCUT2D eigenvalue weighted by atomic mass is 10.2. The number of benzene rings is 2. The van der Waals surface area contributed by atoms with Gasteiger partial charge in [-0.25, -0.2) is 0 Å². The molecule has 3 rings (SSSR count). The van der Waals surface area contributed by atoms with Gasteiger partial charge in [0.05, 0.1) is 25.5 Å². The summed E-state index contributed by atoms with van der Waals surface area (Å²) < 4.78 is 16.1. The van der Waals surface area contributed by atoms with Gasteiger partial charge in [0.25, 0.3) is 5.91 Å². The van der Waals surface area contributed by atoms with Crippen molar-refractivity contribution in [3.05, 3.63) is 83.8 Å². The van der Waals surface area contributed by atoms with Crippen LogP contribution in [-0.2, 0) is 17.9 Å². The summed E-state index contributed by atoms with van der Waals surface area (Å²) >= 11 is 0. The molecule has 0 saturated carbocycles. The maximum Gasteiger partial charge on any atom is 0.261 e. The van der Waals surface area contributed by atoms with E-state index in [0.29, 0.717) is 42.2 Å². The molecule has 0 radical (unpaired) electrons. The van der Waals surface area contributed by atoms with E-state index >= 15 is 0 Å². The molecule has 0 atom stereocenters. The lowest BCUT2D eigenvalue weighted by molar-refractivity contribution is -0.134. The quantitative estimate of drug-likeness (QED) is 0.530. The van der Waals surface area contributed by atoms with Crippen molar-refractivity contribution in [2.24, 2.45) is 0 Å². The summed E-state index contributed by atoms with van der Waals surface area (Å²) in [6, 6.07) is 18.2. The zero-order valence-electron chi connectivity index (χ0n) is 15.5. The topological polar surface area (TPSA) is 69.0 Å². The molecule has 144 valence electrons. The monoisotopic (exact) mass is 379 g/mol. The maximum absolute atomic E-state index is 12.8. The van der Waals surface area contributed by atoms with Crippen LogP contribution in [0.2, 0.25) is 0 Å². The second kappa shape index (κ2) is 9.41. The minimum atomic E-state index is -0.215. The fourth-order valence-electron chi connectivity index (χ4n) is 2.73. The van der Waals surface area contributed by atoms with Gasteiger partial charge < -0.3 is 18.8 Å². The van der Waals surface area contributed by atoms with E-state index in [9.17, 15) is 9.59 Å². The van der Waals surface area contributed by atoms with Crippen molar-refractivity contribution in [3.63, 3.8) is 0 Å². The molecule has 28 heavy (non-hydrogen) atoms. The van der Waals surface area contributed by atoms with Gasteiger partial charge in [0.2, 0.25) is 0 Å². The number of furan rings is 1. The normalized spacial score (nSPS) is 10.3. The molecule has 1 amide bonds. The highest BCUT2D eigenvalue weighted by atomic mass is 16.5. The molecule has 1 aromatic heterocycles. The Labute approximate surface area is 163 Å².